The van der Waals surface area contributed by atoms with Gasteiger partial charge in [0.1, 0.15) is 12.3 Å². The zero-order valence-electron chi connectivity index (χ0n) is 26.0. The molecular formula is C36H33N3O6S. The van der Waals surface area contributed by atoms with Gasteiger partial charge in [0.05, 0.1) is 42.2 Å². The molecule has 5 aromatic rings. The van der Waals surface area contributed by atoms with Crippen LogP contribution < -0.4 is 19.6 Å². The first kappa shape index (κ1) is 30.8. The summed E-state index contributed by atoms with van der Waals surface area (Å²) in [7, 11) is 1.58. The fourth-order valence-corrected chi connectivity index (χ4v) is 6.84. The Morgan fingerprint density at radius 1 is 0.935 bits per heavy atom. The van der Waals surface area contributed by atoms with Crippen LogP contribution in [0.2, 0.25) is 0 Å². The average molecular weight is 636 g/mol. The summed E-state index contributed by atoms with van der Waals surface area (Å²) in [5.74, 6) is -0.231. The lowest BCUT2D eigenvalue weighted by molar-refractivity contribution is -0.143. The van der Waals surface area contributed by atoms with Gasteiger partial charge in [-0.3, -0.25) is 14.2 Å². The highest BCUT2D eigenvalue weighted by Gasteiger charge is 2.35. The molecule has 0 N–H and O–H groups in total. The van der Waals surface area contributed by atoms with Crippen molar-refractivity contribution in [3.63, 3.8) is 0 Å². The number of esters is 2. The van der Waals surface area contributed by atoms with Crippen molar-refractivity contribution in [2.45, 2.75) is 33.4 Å². The van der Waals surface area contributed by atoms with Crippen LogP contribution in [0.3, 0.4) is 0 Å². The fourth-order valence-electron chi connectivity index (χ4n) is 5.85. The number of hydrogen-bond acceptors (Lipinski definition) is 8. The van der Waals surface area contributed by atoms with Crippen LogP contribution in [0, 0.1) is 6.92 Å². The number of carbonyl (C=O) groups is 2. The highest BCUT2D eigenvalue weighted by Crippen LogP contribution is 2.36. The Morgan fingerprint density at radius 3 is 2.33 bits per heavy atom. The molecule has 46 heavy (non-hydrogen) atoms. The van der Waals surface area contributed by atoms with E-state index in [0.717, 1.165) is 27.7 Å². The molecule has 0 aliphatic carbocycles. The summed E-state index contributed by atoms with van der Waals surface area (Å²) in [6.07, 6.45) is 1.85. The van der Waals surface area contributed by atoms with E-state index < -0.39 is 12.0 Å². The van der Waals surface area contributed by atoms with Gasteiger partial charge in [-0.2, -0.15) is 0 Å². The molecule has 3 aromatic carbocycles. The van der Waals surface area contributed by atoms with Crippen molar-refractivity contribution in [3.05, 3.63) is 127 Å². The smallest absolute Gasteiger partial charge is 0.338 e. The topological polar surface area (TPSA) is 101 Å². The molecule has 3 heterocycles. The van der Waals surface area contributed by atoms with Gasteiger partial charge in [0.15, 0.2) is 4.80 Å². The number of ether oxygens (including phenoxy) is 3. The minimum Gasteiger partial charge on any atom is -0.497 e. The Hall–Kier alpha value is -5.22. The standard InChI is InChI=1S/C36H33N3O6S/c1-5-44-30(40)21-38-22(3)27(26-14-10-11-15-28(26)38)20-29-34(41)39-33(24-16-18-25(43-4)19-17-24)31(35(42)45-6-2)32(37-36(39)46-29)23-12-8-7-9-13-23/h7-20,33H,5-6,21H2,1-4H3/b29-20-/t33-/m0/s1. The maximum atomic E-state index is 14.4. The number of hydrogen-bond donors (Lipinski definition) is 0. The van der Waals surface area contributed by atoms with Crippen LogP contribution in [0.15, 0.2) is 94.2 Å². The third-order valence-corrected chi connectivity index (χ3v) is 8.94. The summed E-state index contributed by atoms with van der Waals surface area (Å²) in [5, 5.41) is 0.902. The molecule has 0 radical (unpaired) electrons. The number of carbonyl (C=O) groups excluding carboxylic acids is 2. The van der Waals surface area contributed by atoms with E-state index in [1.54, 1.807) is 37.7 Å². The minimum absolute atomic E-state index is 0.0517. The van der Waals surface area contributed by atoms with Gasteiger partial charge in [0, 0.05) is 27.7 Å². The van der Waals surface area contributed by atoms with Crippen LogP contribution in [-0.4, -0.2) is 41.4 Å². The van der Waals surface area contributed by atoms with E-state index in [2.05, 4.69) is 0 Å². The molecule has 6 rings (SSSR count). The summed E-state index contributed by atoms with van der Waals surface area (Å²) in [4.78, 5) is 46.0. The molecule has 0 spiro atoms. The summed E-state index contributed by atoms with van der Waals surface area (Å²) < 4.78 is 20.1. The maximum absolute atomic E-state index is 14.4. The number of aromatic nitrogens is 2. The number of thiazole rings is 1. The highest BCUT2D eigenvalue weighted by atomic mass is 32.1. The summed E-state index contributed by atoms with van der Waals surface area (Å²) in [6, 6.07) is 23.7. The van der Waals surface area contributed by atoms with Crippen LogP contribution in [0.4, 0.5) is 0 Å². The van der Waals surface area contributed by atoms with Crippen molar-refractivity contribution in [2.24, 2.45) is 4.99 Å². The predicted molar refractivity (Wildman–Crippen MR) is 177 cm³/mol. The average Bonchev–Trinajstić information content (AvgIpc) is 3.53. The Balaban J connectivity index is 1.62. The lowest BCUT2D eigenvalue weighted by atomic mass is 9.93. The number of rotatable bonds is 9. The van der Waals surface area contributed by atoms with Crippen molar-refractivity contribution < 1.29 is 23.8 Å². The molecule has 0 fully saturated rings. The quantitative estimate of drug-likeness (QED) is 0.217. The molecule has 1 atom stereocenters. The van der Waals surface area contributed by atoms with Crippen LogP contribution in [-0.2, 0) is 25.6 Å². The Kier molecular flexibility index (Phi) is 8.72. The number of benzene rings is 3. The van der Waals surface area contributed by atoms with E-state index in [1.165, 1.54) is 11.3 Å². The monoisotopic (exact) mass is 635 g/mol. The van der Waals surface area contributed by atoms with Gasteiger partial charge in [-0.25, -0.2) is 9.79 Å². The second-order valence-corrected chi connectivity index (χ2v) is 11.6. The Labute approximate surface area is 269 Å². The zero-order valence-corrected chi connectivity index (χ0v) is 26.8. The summed E-state index contributed by atoms with van der Waals surface area (Å²) >= 11 is 1.25. The molecule has 0 saturated heterocycles. The Morgan fingerprint density at radius 2 is 1.63 bits per heavy atom. The van der Waals surface area contributed by atoms with E-state index in [4.69, 9.17) is 19.2 Å². The first-order chi connectivity index (χ1) is 22.4. The molecule has 0 amide bonds. The normalized spacial score (nSPS) is 14.6. The lowest BCUT2D eigenvalue weighted by Gasteiger charge is -2.26. The van der Waals surface area contributed by atoms with Crippen LogP contribution in [0.1, 0.15) is 42.3 Å². The molecule has 2 aromatic heterocycles. The molecule has 1 aliphatic rings. The van der Waals surface area contributed by atoms with Crippen molar-refractivity contribution in [1.29, 1.82) is 0 Å². The van der Waals surface area contributed by atoms with E-state index in [9.17, 15) is 14.4 Å². The second-order valence-electron chi connectivity index (χ2n) is 10.6. The number of para-hydroxylation sites is 1. The minimum atomic E-state index is -0.801. The summed E-state index contributed by atoms with van der Waals surface area (Å²) in [5.41, 5.74) is 4.39. The number of fused-ring (bicyclic) bond motifs is 2. The van der Waals surface area contributed by atoms with Crippen molar-refractivity contribution in [3.8, 4) is 5.75 Å². The van der Waals surface area contributed by atoms with Crippen LogP contribution in [0.25, 0.3) is 22.7 Å². The van der Waals surface area contributed by atoms with Gasteiger partial charge in [0.2, 0.25) is 0 Å². The maximum Gasteiger partial charge on any atom is 0.338 e. The third-order valence-electron chi connectivity index (χ3n) is 7.95. The van der Waals surface area contributed by atoms with Gasteiger partial charge >= 0.3 is 11.9 Å². The molecule has 0 bridgehead atoms. The number of nitrogens with zero attached hydrogens (tertiary/aromatic N) is 3. The van der Waals surface area contributed by atoms with Gasteiger partial charge in [-0.05, 0) is 50.6 Å². The molecular weight excluding hydrogens is 602 g/mol. The molecule has 9 nitrogen and oxygen atoms in total. The van der Waals surface area contributed by atoms with E-state index in [0.29, 0.717) is 33.0 Å². The fraction of sp³-hybridized carbons (Fsp3) is 0.222. The third kappa shape index (κ3) is 5.56. The molecule has 0 saturated carbocycles. The number of methoxy groups -OCH3 is 1. The lowest BCUT2D eigenvalue weighted by Crippen LogP contribution is -2.40. The first-order valence-corrected chi connectivity index (χ1v) is 15.8. The molecule has 10 heteroatoms. The van der Waals surface area contributed by atoms with Crippen molar-refractivity contribution >= 4 is 46.0 Å². The van der Waals surface area contributed by atoms with Gasteiger partial charge in [0.25, 0.3) is 5.56 Å². The van der Waals surface area contributed by atoms with E-state index in [1.807, 2.05) is 84.3 Å². The first-order valence-electron chi connectivity index (χ1n) is 15.0. The molecule has 0 unspecified atom stereocenters. The van der Waals surface area contributed by atoms with E-state index in [-0.39, 0.29) is 30.3 Å². The SMILES string of the molecule is CCOC(=O)Cn1c(C)c(/C=c2\sc3n(c2=O)[C@@H](c2ccc(OC)cc2)C(C(=O)OCC)=C(c2ccccc2)N=3)c2ccccc21. The van der Waals surface area contributed by atoms with Gasteiger partial charge in [-0.15, -0.1) is 0 Å². The van der Waals surface area contributed by atoms with Gasteiger partial charge < -0.3 is 18.8 Å². The Bertz CT molecular complexity index is 2160. The van der Waals surface area contributed by atoms with Crippen molar-refractivity contribution in [1.82, 2.24) is 9.13 Å². The summed E-state index contributed by atoms with van der Waals surface area (Å²) in [6.45, 7) is 5.96. The highest BCUT2D eigenvalue weighted by molar-refractivity contribution is 7.07. The van der Waals surface area contributed by atoms with Crippen LogP contribution in [0.5, 0.6) is 5.75 Å². The zero-order chi connectivity index (χ0) is 32.4. The largest absolute Gasteiger partial charge is 0.497 e. The molecule has 1 aliphatic heterocycles. The van der Waals surface area contributed by atoms with Crippen molar-refractivity contribution in [2.75, 3.05) is 20.3 Å². The molecule has 234 valence electrons. The predicted octanol–water partition coefficient (Wildman–Crippen LogP) is 4.77. The van der Waals surface area contributed by atoms with Gasteiger partial charge in [-0.1, -0.05) is 72.0 Å². The van der Waals surface area contributed by atoms with E-state index >= 15 is 0 Å². The second kappa shape index (κ2) is 13.0. The van der Waals surface area contributed by atoms with Crippen LogP contribution >= 0.6 is 11.3 Å².